The third kappa shape index (κ3) is 4.28. The van der Waals surface area contributed by atoms with E-state index in [0.29, 0.717) is 12.6 Å². The summed E-state index contributed by atoms with van der Waals surface area (Å²) in [6, 6.07) is 0.450. The first kappa shape index (κ1) is 14.5. The van der Waals surface area contributed by atoms with Gasteiger partial charge >= 0.3 is 5.97 Å². The zero-order valence-electron chi connectivity index (χ0n) is 11.4. The van der Waals surface area contributed by atoms with E-state index in [9.17, 15) is 4.79 Å². The molecule has 100 valence electrons. The zero-order chi connectivity index (χ0) is 13.1. The fourth-order valence-electron chi connectivity index (χ4n) is 2.48. The average molecular weight is 243 g/mol. The van der Waals surface area contributed by atoms with Gasteiger partial charge in [0.15, 0.2) is 0 Å². The van der Waals surface area contributed by atoms with E-state index in [1.54, 1.807) is 6.92 Å². The molecule has 0 aromatic heterocycles. The van der Waals surface area contributed by atoms with Crippen molar-refractivity contribution in [2.24, 2.45) is 5.92 Å². The summed E-state index contributed by atoms with van der Waals surface area (Å²) in [6.07, 6.45) is 1.98. The first-order valence-corrected chi connectivity index (χ1v) is 6.46. The molecule has 2 unspecified atom stereocenters. The molecule has 0 spiro atoms. The van der Waals surface area contributed by atoms with Crippen LogP contribution in [0.4, 0.5) is 0 Å². The van der Waals surface area contributed by atoms with Gasteiger partial charge in [-0.1, -0.05) is 13.8 Å². The fourth-order valence-corrected chi connectivity index (χ4v) is 2.48. The third-order valence-corrected chi connectivity index (χ3v) is 3.52. The van der Waals surface area contributed by atoms with Gasteiger partial charge in [-0.3, -0.25) is 9.69 Å². The Bertz CT molecular complexity index is 265. The van der Waals surface area contributed by atoms with E-state index in [1.807, 2.05) is 0 Å². The molecule has 0 aromatic carbocycles. The van der Waals surface area contributed by atoms with Crippen LogP contribution in [0, 0.1) is 5.92 Å². The third-order valence-electron chi connectivity index (χ3n) is 3.52. The predicted octanol–water partition coefficient (Wildman–Crippen LogP) is 1.99. The molecular formula is C13H25NO3. The average Bonchev–Trinajstić information content (AvgIpc) is 2.23. The molecule has 0 bridgehead atoms. The molecule has 1 rings (SSSR count). The molecule has 0 saturated carbocycles. The lowest BCUT2D eigenvalue weighted by molar-refractivity contribution is -0.142. The van der Waals surface area contributed by atoms with Crippen molar-refractivity contribution in [3.05, 3.63) is 0 Å². The molecule has 0 amide bonds. The molecule has 1 N–H and O–H groups in total. The van der Waals surface area contributed by atoms with E-state index in [2.05, 4.69) is 25.7 Å². The van der Waals surface area contributed by atoms with Crippen LogP contribution < -0.4 is 0 Å². The van der Waals surface area contributed by atoms with Gasteiger partial charge in [-0.15, -0.1) is 0 Å². The van der Waals surface area contributed by atoms with E-state index >= 15 is 0 Å². The molecule has 17 heavy (non-hydrogen) atoms. The second-order valence-corrected chi connectivity index (χ2v) is 5.58. The zero-order valence-corrected chi connectivity index (χ0v) is 11.4. The first-order valence-electron chi connectivity index (χ1n) is 6.46. The summed E-state index contributed by atoms with van der Waals surface area (Å²) in [5.74, 6) is -1.02. The van der Waals surface area contributed by atoms with Gasteiger partial charge in [0.2, 0.25) is 0 Å². The number of carboxylic acid groups (broad SMARTS) is 1. The lowest BCUT2D eigenvalue weighted by atomic mass is 9.92. The minimum Gasteiger partial charge on any atom is -0.481 e. The van der Waals surface area contributed by atoms with Crippen LogP contribution in [0.5, 0.6) is 0 Å². The first-order chi connectivity index (χ1) is 7.85. The fraction of sp³-hybridized carbons (Fsp3) is 0.923. The molecule has 1 fully saturated rings. The summed E-state index contributed by atoms with van der Waals surface area (Å²) < 4.78 is 5.70. The maximum Gasteiger partial charge on any atom is 0.307 e. The molecule has 0 radical (unpaired) electrons. The molecule has 1 heterocycles. The van der Waals surface area contributed by atoms with Crippen LogP contribution >= 0.6 is 0 Å². The standard InChI is InChI=1S/C13H25NO3/c1-5-14(9-10(2)12(15)16)11-6-7-17-13(3,4)8-11/h10-11H,5-9H2,1-4H3,(H,15,16). The van der Waals surface area contributed by atoms with E-state index < -0.39 is 5.97 Å². The smallest absolute Gasteiger partial charge is 0.307 e. The van der Waals surface area contributed by atoms with Crippen molar-refractivity contribution in [1.82, 2.24) is 4.90 Å². The monoisotopic (exact) mass is 243 g/mol. The molecule has 1 aliphatic rings. The Kier molecular flexibility index (Phi) is 4.95. The Morgan fingerprint density at radius 1 is 1.59 bits per heavy atom. The van der Waals surface area contributed by atoms with Crippen molar-refractivity contribution < 1.29 is 14.6 Å². The number of carboxylic acids is 1. The van der Waals surface area contributed by atoms with Crippen LogP contribution in [0.1, 0.15) is 40.5 Å². The number of hydrogen-bond acceptors (Lipinski definition) is 3. The highest BCUT2D eigenvalue weighted by atomic mass is 16.5. The highest BCUT2D eigenvalue weighted by molar-refractivity contribution is 5.69. The Hall–Kier alpha value is -0.610. The quantitative estimate of drug-likeness (QED) is 0.802. The van der Waals surface area contributed by atoms with Crippen LogP contribution in [-0.2, 0) is 9.53 Å². The van der Waals surface area contributed by atoms with Crippen LogP contribution in [0.3, 0.4) is 0 Å². The molecule has 2 atom stereocenters. The van der Waals surface area contributed by atoms with Crippen LogP contribution in [0.25, 0.3) is 0 Å². The summed E-state index contributed by atoms with van der Waals surface area (Å²) in [4.78, 5) is 13.2. The Labute approximate surface area is 104 Å². The topological polar surface area (TPSA) is 49.8 Å². The Balaban J connectivity index is 2.58. The van der Waals surface area contributed by atoms with Gasteiger partial charge in [-0.2, -0.15) is 0 Å². The van der Waals surface area contributed by atoms with Gasteiger partial charge in [-0.05, 0) is 33.2 Å². The minimum absolute atomic E-state index is 0.0806. The molecular weight excluding hydrogens is 218 g/mol. The lowest BCUT2D eigenvalue weighted by Gasteiger charge is -2.41. The number of ether oxygens (including phenoxy) is 1. The van der Waals surface area contributed by atoms with E-state index in [-0.39, 0.29) is 11.5 Å². The van der Waals surface area contributed by atoms with Crippen LogP contribution in [0.15, 0.2) is 0 Å². The van der Waals surface area contributed by atoms with E-state index in [0.717, 1.165) is 26.0 Å². The highest BCUT2D eigenvalue weighted by Gasteiger charge is 2.32. The largest absolute Gasteiger partial charge is 0.481 e. The second-order valence-electron chi connectivity index (χ2n) is 5.58. The minimum atomic E-state index is -0.713. The second kappa shape index (κ2) is 5.83. The van der Waals surface area contributed by atoms with Gasteiger partial charge in [0, 0.05) is 19.2 Å². The summed E-state index contributed by atoms with van der Waals surface area (Å²) in [6.45, 7) is 10.4. The van der Waals surface area contributed by atoms with Gasteiger partial charge in [-0.25, -0.2) is 0 Å². The van der Waals surface area contributed by atoms with Crippen LogP contribution in [0.2, 0.25) is 0 Å². The molecule has 1 saturated heterocycles. The molecule has 0 aromatic rings. The number of rotatable bonds is 5. The molecule has 0 aliphatic carbocycles. The Morgan fingerprint density at radius 3 is 2.71 bits per heavy atom. The SMILES string of the molecule is CCN(CC(C)C(=O)O)C1CCOC(C)(C)C1. The van der Waals surface area contributed by atoms with Gasteiger partial charge in [0.25, 0.3) is 0 Å². The summed E-state index contributed by atoms with van der Waals surface area (Å²) in [5, 5.41) is 8.98. The van der Waals surface area contributed by atoms with Crippen molar-refractivity contribution in [2.45, 2.75) is 52.2 Å². The lowest BCUT2D eigenvalue weighted by Crippen LogP contribution is -2.47. The summed E-state index contributed by atoms with van der Waals surface area (Å²) >= 11 is 0. The van der Waals surface area contributed by atoms with Crippen molar-refractivity contribution in [1.29, 1.82) is 0 Å². The van der Waals surface area contributed by atoms with Gasteiger partial charge in [0.05, 0.1) is 11.5 Å². The van der Waals surface area contributed by atoms with Crippen LogP contribution in [-0.4, -0.2) is 47.3 Å². The summed E-state index contributed by atoms with van der Waals surface area (Å²) in [7, 11) is 0. The molecule has 4 nitrogen and oxygen atoms in total. The van der Waals surface area contributed by atoms with E-state index in [1.165, 1.54) is 0 Å². The molecule has 1 aliphatic heterocycles. The predicted molar refractivity (Wildman–Crippen MR) is 67.1 cm³/mol. The highest BCUT2D eigenvalue weighted by Crippen LogP contribution is 2.27. The summed E-state index contributed by atoms with van der Waals surface area (Å²) in [5.41, 5.74) is -0.0806. The van der Waals surface area contributed by atoms with Gasteiger partial charge in [0.1, 0.15) is 0 Å². The maximum atomic E-state index is 10.9. The number of carbonyl (C=O) groups is 1. The number of hydrogen-bond donors (Lipinski definition) is 1. The van der Waals surface area contributed by atoms with Crippen molar-refractivity contribution in [3.63, 3.8) is 0 Å². The van der Waals surface area contributed by atoms with Gasteiger partial charge < -0.3 is 9.84 Å². The normalized spacial score (nSPS) is 25.8. The molecule has 4 heteroatoms. The van der Waals surface area contributed by atoms with Crippen molar-refractivity contribution in [2.75, 3.05) is 19.7 Å². The number of nitrogens with zero attached hydrogens (tertiary/aromatic N) is 1. The number of aliphatic carboxylic acids is 1. The van der Waals surface area contributed by atoms with Crippen molar-refractivity contribution >= 4 is 5.97 Å². The maximum absolute atomic E-state index is 10.9. The van der Waals surface area contributed by atoms with E-state index in [4.69, 9.17) is 9.84 Å². The Morgan fingerprint density at radius 2 is 2.24 bits per heavy atom. The van der Waals surface area contributed by atoms with Crippen molar-refractivity contribution in [3.8, 4) is 0 Å².